The topological polar surface area (TPSA) is 49.4 Å². The summed E-state index contributed by atoms with van der Waals surface area (Å²) in [5.41, 5.74) is 4.53. The first-order valence-electron chi connectivity index (χ1n) is 11.7. The normalized spacial score (nSPS) is 15.4. The Morgan fingerprint density at radius 2 is 1.53 bits per heavy atom. The number of hydrogen-bond acceptors (Lipinski definition) is 3. The third kappa shape index (κ3) is 4.90. The van der Waals surface area contributed by atoms with E-state index >= 15 is 0 Å². The van der Waals surface area contributed by atoms with E-state index in [1.807, 2.05) is 91.9 Å². The molecular weight excluding hydrogens is 471 g/mol. The van der Waals surface area contributed by atoms with Gasteiger partial charge < -0.3 is 5.32 Å². The average molecular weight is 497 g/mol. The summed E-state index contributed by atoms with van der Waals surface area (Å²) < 4.78 is 14.6. The Morgan fingerprint density at radius 3 is 2.14 bits per heavy atom. The van der Waals surface area contributed by atoms with E-state index in [-0.39, 0.29) is 22.9 Å². The standard InChI is InChI=1S/C30H25FN2O2S/c1-20-12-17-25(31)26(18-20)33-27(34)19-36-30(33)23-13-15-24(16-14-23)32-29(35)28(21-8-4-2-5-9-21)22-10-6-3-7-11-22/h2-18,28,30H,19H2,1H3,(H,32,35). The molecule has 0 saturated carbocycles. The first-order chi connectivity index (χ1) is 17.5. The molecule has 1 aliphatic rings. The zero-order valence-electron chi connectivity index (χ0n) is 19.7. The number of amides is 2. The first-order valence-corrected chi connectivity index (χ1v) is 12.8. The second-order valence-corrected chi connectivity index (χ2v) is 9.82. The summed E-state index contributed by atoms with van der Waals surface area (Å²) in [6, 6.07) is 31.6. The predicted molar refractivity (Wildman–Crippen MR) is 144 cm³/mol. The summed E-state index contributed by atoms with van der Waals surface area (Å²) in [5.74, 6) is -0.839. The van der Waals surface area contributed by atoms with Crippen molar-refractivity contribution in [2.75, 3.05) is 16.0 Å². The van der Waals surface area contributed by atoms with Crippen LogP contribution in [0.15, 0.2) is 103 Å². The quantitative estimate of drug-likeness (QED) is 0.324. The highest BCUT2D eigenvalue weighted by atomic mass is 32.2. The molecule has 1 heterocycles. The average Bonchev–Trinajstić information content (AvgIpc) is 3.28. The fourth-order valence-corrected chi connectivity index (χ4v) is 5.64. The molecule has 0 aliphatic carbocycles. The molecule has 1 atom stereocenters. The molecule has 6 heteroatoms. The summed E-state index contributed by atoms with van der Waals surface area (Å²) in [5, 5.41) is 2.71. The minimum Gasteiger partial charge on any atom is -0.325 e. The zero-order valence-corrected chi connectivity index (χ0v) is 20.5. The molecule has 4 aromatic carbocycles. The van der Waals surface area contributed by atoms with Crippen molar-refractivity contribution in [2.24, 2.45) is 0 Å². The second-order valence-electron chi connectivity index (χ2n) is 8.75. The maximum Gasteiger partial charge on any atom is 0.238 e. The van der Waals surface area contributed by atoms with E-state index in [1.54, 1.807) is 12.1 Å². The van der Waals surface area contributed by atoms with E-state index in [2.05, 4.69) is 5.32 Å². The van der Waals surface area contributed by atoms with Gasteiger partial charge in [-0.25, -0.2) is 4.39 Å². The molecule has 36 heavy (non-hydrogen) atoms. The Hall–Kier alpha value is -3.90. The van der Waals surface area contributed by atoms with E-state index in [9.17, 15) is 14.0 Å². The molecule has 5 rings (SSSR count). The van der Waals surface area contributed by atoms with E-state index in [1.165, 1.54) is 22.7 Å². The van der Waals surface area contributed by atoms with Gasteiger partial charge in [-0.1, -0.05) is 78.9 Å². The van der Waals surface area contributed by atoms with Crippen LogP contribution in [-0.2, 0) is 9.59 Å². The van der Waals surface area contributed by atoms with E-state index in [0.29, 0.717) is 11.4 Å². The number of rotatable bonds is 6. The lowest BCUT2D eigenvalue weighted by atomic mass is 9.90. The number of carbonyl (C=O) groups is 2. The Kier molecular flexibility index (Phi) is 6.87. The number of nitrogens with one attached hydrogen (secondary N) is 1. The SMILES string of the molecule is Cc1ccc(F)c(N2C(=O)CSC2c2ccc(NC(=O)C(c3ccccc3)c3ccccc3)cc2)c1. The maximum absolute atomic E-state index is 14.6. The van der Waals surface area contributed by atoms with Crippen LogP contribution in [0.4, 0.5) is 15.8 Å². The summed E-state index contributed by atoms with van der Waals surface area (Å²) in [6.45, 7) is 1.88. The summed E-state index contributed by atoms with van der Waals surface area (Å²) >= 11 is 1.46. The predicted octanol–water partition coefficient (Wildman–Crippen LogP) is 6.68. The lowest BCUT2D eigenvalue weighted by molar-refractivity contribution is -0.117. The fourth-order valence-electron chi connectivity index (χ4n) is 4.47. The van der Waals surface area contributed by atoms with Crippen LogP contribution in [0.25, 0.3) is 0 Å². The fraction of sp³-hybridized carbons (Fsp3) is 0.133. The molecule has 0 spiro atoms. The number of thioether (sulfide) groups is 1. The number of hydrogen-bond donors (Lipinski definition) is 1. The minimum atomic E-state index is -0.449. The van der Waals surface area contributed by atoms with Gasteiger partial charge in [0.25, 0.3) is 0 Å². The number of aryl methyl sites for hydroxylation is 1. The molecule has 180 valence electrons. The van der Waals surface area contributed by atoms with Gasteiger partial charge >= 0.3 is 0 Å². The Labute approximate surface area is 214 Å². The van der Waals surface area contributed by atoms with Gasteiger partial charge in [0.1, 0.15) is 11.2 Å². The molecule has 4 aromatic rings. The van der Waals surface area contributed by atoms with Crippen LogP contribution >= 0.6 is 11.8 Å². The summed E-state index contributed by atoms with van der Waals surface area (Å²) in [4.78, 5) is 27.6. The van der Waals surface area contributed by atoms with E-state index in [4.69, 9.17) is 0 Å². The minimum absolute atomic E-state index is 0.125. The van der Waals surface area contributed by atoms with Crippen LogP contribution < -0.4 is 10.2 Å². The summed E-state index contributed by atoms with van der Waals surface area (Å²) in [7, 11) is 0. The third-order valence-electron chi connectivity index (χ3n) is 6.22. The number of carbonyl (C=O) groups excluding carboxylic acids is 2. The molecule has 0 aromatic heterocycles. The monoisotopic (exact) mass is 496 g/mol. The smallest absolute Gasteiger partial charge is 0.238 e. The Balaban J connectivity index is 1.38. The van der Waals surface area contributed by atoms with E-state index < -0.39 is 11.7 Å². The molecule has 0 bridgehead atoms. The number of halogens is 1. The van der Waals surface area contributed by atoms with Gasteiger partial charge in [0.05, 0.1) is 17.4 Å². The highest BCUT2D eigenvalue weighted by Crippen LogP contribution is 2.43. The van der Waals surface area contributed by atoms with Crippen LogP contribution in [0.2, 0.25) is 0 Å². The molecule has 1 saturated heterocycles. The highest BCUT2D eigenvalue weighted by molar-refractivity contribution is 8.00. The van der Waals surface area contributed by atoms with Crippen LogP contribution in [-0.4, -0.2) is 17.6 Å². The van der Waals surface area contributed by atoms with Gasteiger partial charge in [-0.05, 0) is 53.4 Å². The van der Waals surface area contributed by atoms with Crippen molar-refractivity contribution in [3.8, 4) is 0 Å². The Morgan fingerprint density at radius 1 is 0.917 bits per heavy atom. The van der Waals surface area contributed by atoms with Crippen LogP contribution in [0.1, 0.15) is 33.5 Å². The van der Waals surface area contributed by atoms with Crippen LogP contribution in [0.5, 0.6) is 0 Å². The maximum atomic E-state index is 14.6. The van der Waals surface area contributed by atoms with E-state index in [0.717, 1.165) is 22.3 Å². The van der Waals surface area contributed by atoms with Crippen molar-refractivity contribution >= 4 is 35.0 Å². The zero-order chi connectivity index (χ0) is 25.1. The molecule has 2 amide bonds. The summed E-state index contributed by atoms with van der Waals surface area (Å²) in [6.07, 6.45) is 0. The second kappa shape index (κ2) is 10.4. The van der Waals surface area contributed by atoms with Gasteiger partial charge in [0.2, 0.25) is 11.8 Å². The number of benzene rings is 4. The molecule has 0 radical (unpaired) electrons. The van der Waals surface area contributed by atoms with Gasteiger partial charge in [0, 0.05) is 5.69 Å². The van der Waals surface area contributed by atoms with Crippen molar-refractivity contribution < 1.29 is 14.0 Å². The van der Waals surface area contributed by atoms with Crippen LogP contribution in [0.3, 0.4) is 0 Å². The van der Waals surface area contributed by atoms with Crippen LogP contribution in [0, 0.1) is 12.7 Å². The Bertz CT molecular complexity index is 1340. The van der Waals surface area contributed by atoms with Gasteiger partial charge in [-0.15, -0.1) is 11.8 Å². The molecule has 1 fully saturated rings. The van der Waals surface area contributed by atoms with Crippen molar-refractivity contribution in [1.82, 2.24) is 0 Å². The molecule has 1 N–H and O–H groups in total. The van der Waals surface area contributed by atoms with Crippen molar-refractivity contribution in [3.63, 3.8) is 0 Å². The first kappa shape index (κ1) is 23.8. The van der Waals surface area contributed by atoms with Crippen molar-refractivity contribution in [3.05, 3.63) is 131 Å². The lowest BCUT2D eigenvalue weighted by Crippen LogP contribution is -2.28. The van der Waals surface area contributed by atoms with Crippen molar-refractivity contribution in [2.45, 2.75) is 18.2 Å². The number of nitrogens with zero attached hydrogens (tertiary/aromatic N) is 1. The molecule has 4 nitrogen and oxygen atoms in total. The number of anilines is 2. The van der Waals surface area contributed by atoms with Gasteiger partial charge in [0.15, 0.2) is 0 Å². The van der Waals surface area contributed by atoms with Gasteiger partial charge in [-0.2, -0.15) is 0 Å². The third-order valence-corrected chi connectivity index (χ3v) is 7.43. The molecule has 1 unspecified atom stereocenters. The molecular formula is C30H25FN2O2S. The largest absolute Gasteiger partial charge is 0.325 e. The molecule has 1 aliphatic heterocycles. The van der Waals surface area contributed by atoms with Crippen molar-refractivity contribution in [1.29, 1.82) is 0 Å². The highest BCUT2D eigenvalue weighted by Gasteiger charge is 2.35. The lowest BCUT2D eigenvalue weighted by Gasteiger charge is -2.25. The van der Waals surface area contributed by atoms with Gasteiger partial charge in [-0.3, -0.25) is 14.5 Å².